The van der Waals surface area contributed by atoms with Crippen LogP contribution in [0.1, 0.15) is 24.6 Å². The van der Waals surface area contributed by atoms with E-state index < -0.39 is 25.0 Å². The van der Waals surface area contributed by atoms with E-state index in [0.29, 0.717) is 12.2 Å². The van der Waals surface area contributed by atoms with Gasteiger partial charge in [0.1, 0.15) is 0 Å². The first kappa shape index (κ1) is 18.0. The van der Waals surface area contributed by atoms with E-state index in [4.69, 9.17) is 4.65 Å². The molecule has 8 heteroatoms. The molecule has 29 heavy (non-hydrogen) atoms. The number of para-hydroxylation sites is 1. The van der Waals surface area contributed by atoms with Crippen LogP contribution in [0.4, 0.5) is 0 Å². The second-order valence-electron chi connectivity index (χ2n) is 7.51. The van der Waals surface area contributed by atoms with E-state index in [-0.39, 0.29) is 12.0 Å². The van der Waals surface area contributed by atoms with E-state index in [1.807, 2.05) is 43.3 Å². The van der Waals surface area contributed by atoms with Crippen LogP contribution in [0.3, 0.4) is 0 Å². The molecule has 0 unspecified atom stereocenters. The fourth-order valence-electron chi connectivity index (χ4n) is 4.46. The predicted octanol–water partition coefficient (Wildman–Crippen LogP) is 1.92. The molecule has 3 aromatic rings. The SMILES string of the molecule is CC1=C2[C@@H](c3ccccc3)OB(O)C[C@@H]2n2c(=O)n(-c3ccccc3)c(=O)n2C1. The summed E-state index contributed by atoms with van der Waals surface area (Å²) in [6.45, 7) is 2.27. The number of nitrogens with zero attached hydrogens (tertiary/aromatic N) is 3. The Morgan fingerprint density at radius 3 is 2.34 bits per heavy atom. The van der Waals surface area contributed by atoms with E-state index in [9.17, 15) is 14.6 Å². The minimum absolute atomic E-state index is 0.216. The maximum Gasteiger partial charge on any atom is 0.457 e. The zero-order chi connectivity index (χ0) is 20.1. The summed E-state index contributed by atoms with van der Waals surface area (Å²) in [6, 6.07) is 18.1. The number of hydrogen-bond donors (Lipinski definition) is 1. The number of fused-ring (bicyclic) bond motifs is 3. The highest BCUT2D eigenvalue weighted by atomic mass is 16.5. The average molecular weight is 389 g/mol. The van der Waals surface area contributed by atoms with E-state index in [2.05, 4.69) is 0 Å². The third-order valence-electron chi connectivity index (χ3n) is 5.71. The van der Waals surface area contributed by atoms with Crippen LogP contribution in [0.25, 0.3) is 5.69 Å². The molecule has 1 fully saturated rings. The van der Waals surface area contributed by atoms with Crippen LogP contribution in [-0.2, 0) is 11.2 Å². The maximum absolute atomic E-state index is 13.3. The van der Waals surface area contributed by atoms with Gasteiger partial charge in [0.05, 0.1) is 24.4 Å². The molecule has 0 saturated carbocycles. The number of allylic oxidation sites excluding steroid dienone is 1. The first-order valence-corrected chi connectivity index (χ1v) is 9.64. The highest BCUT2D eigenvalue weighted by Gasteiger charge is 2.43. The zero-order valence-electron chi connectivity index (χ0n) is 15.9. The summed E-state index contributed by atoms with van der Waals surface area (Å²) in [5.74, 6) is 0. The highest BCUT2D eigenvalue weighted by molar-refractivity contribution is 6.43. The van der Waals surface area contributed by atoms with Crippen molar-refractivity contribution in [3.63, 3.8) is 0 Å². The van der Waals surface area contributed by atoms with Gasteiger partial charge in [-0.05, 0) is 35.8 Å². The van der Waals surface area contributed by atoms with Crippen molar-refractivity contribution < 1.29 is 9.68 Å². The Kier molecular flexibility index (Phi) is 4.18. The topological polar surface area (TPSA) is 78.4 Å². The van der Waals surface area contributed by atoms with Crippen LogP contribution in [0.2, 0.25) is 6.32 Å². The molecule has 2 aliphatic rings. The van der Waals surface area contributed by atoms with Crippen molar-refractivity contribution >= 4 is 7.12 Å². The molecular formula is C21H20BN3O4. The molecule has 7 nitrogen and oxygen atoms in total. The van der Waals surface area contributed by atoms with Gasteiger partial charge in [-0.2, -0.15) is 0 Å². The summed E-state index contributed by atoms with van der Waals surface area (Å²) in [6.07, 6.45) is -0.241. The van der Waals surface area contributed by atoms with Gasteiger partial charge < -0.3 is 9.68 Å². The molecule has 5 rings (SSSR count). The lowest BCUT2D eigenvalue weighted by Crippen LogP contribution is -2.44. The third-order valence-corrected chi connectivity index (χ3v) is 5.71. The smallest absolute Gasteiger partial charge is 0.427 e. The number of hydrogen-bond acceptors (Lipinski definition) is 4. The van der Waals surface area contributed by atoms with Crippen molar-refractivity contribution in [3.8, 4) is 5.69 Å². The van der Waals surface area contributed by atoms with E-state index in [1.54, 1.807) is 24.3 Å². The van der Waals surface area contributed by atoms with Crippen molar-refractivity contribution in [2.45, 2.75) is 31.9 Å². The predicted molar refractivity (Wildman–Crippen MR) is 109 cm³/mol. The van der Waals surface area contributed by atoms with Crippen molar-refractivity contribution in [1.29, 1.82) is 0 Å². The fraction of sp³-hybridized carbons (Fsp3) is 0.238. The molecule has 3 heterocycles. The quantitative estimate of drug-likeness (QED) is 0.537. The molecule has 0 amide bonds. The Morgan fingerprint density at radius 2 is 1.66 bits per heavy atom. The molecule has 1 aromatic heterocycles. The lowest BCUT2D eigenvalue weighted by molar-refractivity contribution is 0.149. The summed E-state index contributed by atoms with van der Waals surface area (Å²) in [4.78, 5) is 26.4. The van der Waals surface area contributed by atoms with Gasteiger partial charge in [-0.25, -0.2) is 23.5 Å². The highest BCUT2D eigenvalue weighted by Crippen LogP contribution is 2.44. The summed E-state index contributed by atoms with van der Waals surface area (Å²) in [5, 5.41) is 10.4. The fourth-order valence-corrected chi connectivity index (χ4v) is 4.46. The third kappa shape index (κ3) is 2.75. The van der Waals surface area contributed by atoms with Crippen molar-refractivity contribution in [2.75, 3.05) is 0 Å². The van der Waals surface area contributed by atoms with Crippen LogP contribution in [0.15, 0.2) is 81.4 Å². The standard InChI is InChI=1S/C21H20BN3O4/c1-14-13-23-20(26)24(16-10-6-3-7-11-16)21(27)25(23)17-12-22(28)29-19(18(14)17)15-8-4-2-5-9-15/h2-11,17,19,28H,12-13H2,1H3/t17-,19+/m0/s1. The summed E-state index contributed by atoms with van der Waals surface area (Å²) < 4.78 is 10.0. The summed E-state index contributed by atoms with van der Waals surface area (Å²) >= 11 is 0. The summed E-state index contributed by atoms with van der Waals surface area (Å²) in [5.41, 5.74) is 2.58. The molecule has 1 saturated heterocycles. The van der Waals surface area contributed by atoms with Gasteiger partial charge in [0, 0.05) is 6.32 Å². The molecular weight excluding hydrogens is 369 g/mol. The van der Waals surface area contributed by atoms with Crippen molar-refractivity contribution in [2.24, 2.45) is 0 Å². The van der Waals surface area contributed by atoms with Gasteiger partial charge in [0.15, 0.2) is 0 Å². The largest absolute Gasteiger partial charge is 0.457 e. The molecule has 2 atom stereocenters. The lowest BCUT2D eigenvalue weighted by Gasteiger charge is -2.39. The van der Waals surface area contributed by atoms with Gasteiger partial charge in [-0.3, -0.25) is 0 Å². The molecule has 2 aliphatic heterocycles. The lowest BCUT2D eigenvalue weighted by atomic mass is 9.71. The minimum Gasteiger partial charge on any atom is -0.427 e. The molecule has 2 aromatic carbocycles. The molecule has 0 aliphatic carbocycles. The second kappa shape index (κ2) is 6.75. The Morgan fingerprint density at radius 1 is 1.00 bits per heavy atom. The number of benzene rings is 2. The van der Waals surface area contributed by atoms with Crippen LogP contribution < -0.4 is 11.4 Å². The monoisotopic (exact) mass is 389 g/mol. The summed E-state index contributed by atoms with van der Waals surface area (Å²) in [7, 11) is -1.03. The molecule has 0 radical (unpaired) electrons. The van der Waals surface area contributed by atoms with Crippen molar-refractivity contribution in [1.82, 2.24) is 13.9 Å². The molecule has 0 bridgehead atoms. The van der Waals surface area contributed by atoms with Gasteiger partial charge >= 0.3 is 18.5 Å². The Labute approximate surface area is 167 Å². The maximum atomic E-state index is 13.3. The minimum atomic E-state index is -1.03. The Balaban J connectivity index is 1.69. The van der Waals surface area contributed by atoms with Gasteiger partial charge in [-0.15, -0.1) is 0 Å². The van der Waals surface area contributed by atoms with Gasteiger partial charge in [-0.1, -0.05) is 48.5 Å². The first-order valence-electron chi connectivity index (χ1n) is 9.64. The number of rotatable bonds is 2. The number of aromatic nitrogens is 3. The van der Waals surface area contributed by atoms with Crippen LogP contribution in [-0.4, -0.2) is 26.1 Å². The second-order valence-corrected chi connectivity index (χ2v) is 7.51. The van der Waals surface area contributed by atoms with E-state index in [1.165, 1.54) is 13.9 Å². The van der Waals surface area contributed by atoms with E-state index >= 15 is 0 Å². The molecule has 146 valence electrons. The van der Waals surface area contributed by atoms with Crippen LogP contribution in [0, 0.1) is 0 Å². The van der Waals surface area contributed by atoms with Gasteiger partial charge in [0.25, 0.3) is 0 Å². The van der Waals surface area contributed by atoms with E-state index in [0.717, 1.165) is 16.7 Å². The Hall–Kier alpha value is -3.10. The molecule has 0 spiro atoms. The Bertz CT molecular complexity index is 1210. The van der Waals surface area contributed by atoms with Crippen LogP contribution in [0.5, 0.6) is 0 Å². The van der Waals surface area contributed by atoms with Crippen LogP contribution >= 0.6 is 0 Å². The average Bonchev–Trinajstić information content (AvgIpc) is 2.98. The normalized spacial score (nSPS) is 21.1. The molecule has 1 N–H and O–H groups in total. The van der Waals surface area contributed by atoms with Crippen molar-refractivity contribution in [3.05, 3.63) is 98.3 Å². The zero-order valence-corrected chi connectivity index (χ0v) is 15.9. The van der Waals surface area contributed by atoms with Gasteiger partial charge in [0.2, 0.25) is 0 Å². The first-order chi connectivity index (χ1) is 14.1.